The number of benzene rings is 2. The molecule has 128 valence electrons. The molecule has 0 atom stereocenters. The molecule has 24 heavy (non-hydrogen) atoms. The Hall–Kier alpha value is -1.52. The normalized spacial score (nSPS) is 11.2. The second-order valence-corrected chi connectivity index (χ2v) is 8.02. The van der Waals surface area contributed by atoms with E-state index in [-0.39, 0.29) is 23.8 Å². The Kier molecular flexibility index (Phi) is 6.69. The van der Waals surface area contributed by atoms with E-state index in [0.717, 1.165) is 15.7 Å². The zero-order valence-corrected chi connectivity index (χ0v) is 15.6. The Balaban J connectivity index is 1.76. The van der Waals surface area contributed by atoms with Gasteiger partial charge < -0.3 is 5.32 Å². The van der Waals surface area contributed by atoms with Crippen LogP contribution in [0.5, 0.6) is 0 Å². The predicted octanol–water partition coefficient (Wildman–Crippen LogP) is 3.13. The highest BCUT2D eigenvalue weighted by Gasteiger charge is 2.13. The first-order valence-electron chi connectivity index (χ1n) is 7.17. The van der Waals surface area contributed by atoms with Crippen molar-refractivity contribution in [1.29, 1.82) is 0 Å². The summed E-state index contributed by atoms with van der Waals surface area (Å²) in [6, 6.07) is 11.9. The highest BCUT2D eigenvalue weighted by molar-refractivity contribution is 14.1. The molecule has 2 N–H and O–H groups in total. The van der Waals surface area contributed by atoms with Gasteiger partial charge in [-0.25, -0.2) is 17.5 Å². The van der Waals surface area contributed by atoms with Crippen molar-refractivity contribution < 1.29 is 17.6 Å². The average Bonchev–Trinajstić information content (AvgIpc) is 2.54. The van der Waals surface area contributed by atoms with Crippen molar-refractivity contribution in [3.63, 3.8) is 0 Å². The number of carbonyl (C=O) groups is 1. The molecule has 0 unspecified atom stereocenters. The zero-order chi connectivity index (χ0) is 17.6. The fraction of sp³-hybridized carbons (Fsp3) is 0.188. The Bertz CT molecular complexity index is 793. The topological polar surface area (TPSA) is 75.3 Å². The van der Waals surface area contributed by atoms with Gasteiger partial charge in [0, 0.05) is 22.2 Å². The molecule has 0 aliphatic carbocycles. The molecule has 0 heterocycles. The third kappa shape index (κ3) is 5.84. The van der Waals surface area contributed by atoms with Gasteiger partial charge in [-0.05, 0) is 77.5 Å². The quantitative estimate of drug-likeness (QED) is 0.491. The molecule has 5 nitrogen and oxygen atoms in total. The Morgan fingerprint density at radius 3 is 2.29 bits per heavy atom. The second kappa shape index (κ2) is 8.54. The van der Waals surface area contributed by atoms with E-state index in [4.69, 9.17) is 0 Å². The van der Waals surface area contributed by atoms with Gasteiger partial charge in [0.25, 0.3) is 0 Å². The van der Waals surface area contributed by atoms with Gasteiger partial charge in [-0.15, -0.1) is 0 Å². The van der Waals surface area contributed by atoms with Crippen LogP contribution in [0.3, 0.4) is 0 Å². The predicted molar refractivity (Wildman–Crippen MR) is 98.6 cm³/mol. The molecule has 2 aromatic carbocycles. The van der Waals surface area contributed by atoms with Gasteiger partial charge in [0.1, 0.15) is 5.82 Å². The summed E-state index contributed by atoms with van der Waals surface area (Å²) in [6.07, 6.45) is 0.550. The lowest BCUT2D eigenvalue weighted by Gasteiger charge is -2.07. The molecule has 0 aliphatic heterocycles. The van der Waals surface area contributed by atoms with E-state index in [2.05, 4.69) is 32.6 Å². The first-order chi connectivity index (χ1) is 11.4. The summed E-state index contributed by atoms with van der Waals surface area (Å²) in [4.78, 5) is 11.8. The van der Waals surface area contributed by atoms with Gasteiger partial charge in [-0.1, -0.05) is 0 Å². The van der Waals surface area contributed by atoms with E-state index in [0.29, 0.717) is 12.1 Å². The summed E-state index contributed by atoms with van der Waals surface area (Å²) in [5.74, 6) is -0.682. The lowest BCUT2D eigenvalue weighted by Crippen LogP contribution is -2.25. The van der Waals surface area contributed by atoms with E-state index < -0.39 is 15.8 Å². The van der Waals surface area contributed by atoms with Gasteiger partial charge in [-0.2, -0.15) is 0 Å². The summed E-state index contributed by atoms with van der Waals surface area (Å²) in [5.41, 5.74) is 0.701. The number of rotatable bonds is 7. The molecule has 2 rings (SSSR count). The molecule has 0 bridgehead atoms. The molecule has 0 aliphatic rings. The fourth-order valence-corrected chi connectivity index (χ4v) is 3.34. The van der Waals surface area contributed by atoms with Crippen molar-refractivity contribution in [2.24, 2.45) is 0 Å². The van der Waals surface area contributed by atoms with Crippen LogP contribution in [0, 0.1) is 9.39 Å². The van der Waals surface area contributed by atoms with Gasteiger partial charge in [0.15, 0.2) is 0 Å². The Labute approximate surface area is 153 Å². The largest absolute Gasteiger partial charge is 0.326 e. The Morgan fingerprint density at radius 2 is 1.67 bits per heavy atom. The summed E-state index contributed by atoms with van der Waals surface area (Å²) in [6.45, 7) is 0.125. The van der Waals surface area contributed by atoms with Crippen LogP contribution < -0.4 is 10.0 Å². The average molecular weight is 462 g/mol. The van der Waals surface area contributed by atoms with Crippen LogP contribution in [0.15, 0.2) is 53.4 Å². The zero-order valence-electron chi connectivity index (χ0n) is 12.6. The summed E-state index contributed by atoms with van der Waals surface area (Å²) in [5, 5.41) is 2.74. The summed E-state index contributed by atoms with van der Waals surface area (Å²) < 4.78 is 40.2. The van der Waals surface area contributed by atoms with Crippen LogP contribution in [0.25, 0.3) is 0 Å². The van der Waals surface area contributed by atoms with Crippen LogP contribution in [-0.2, 0) is 14.8 Å². The van der Waals surface area contributed by atoms with Crippen LogP contribution in [-0.4, -0.2) is 20.9 Å². The lowest BCUT2D eigenvalue weighted by molar-refractivity contribution is -0.116. The highest BCUT2D eigenvalue weighted by atomic mass is 127. The van der Waals surface area contributed by atoms with Crippen LogP contribution in [0.4, 0.5) is 10.1 Å². The van der Waals surface area contributed by atoms with Crippen molar-refractivity contribution in [2.75, 3.05) is 11.9 Å². The molecule has 0 spiro atoms. The molecular weight excluding hydrogens is 446 g/mol. The lowest BCUT2D eigenvalue weighted by atomic mass is 10.2. The van der Waals surface area contributed by atoms with E-state index in [1.807, 2.05) is 12.1 Å². The summed E-state index contributed by atoms with van der Waals surface area (Å²) >= 11 is 2.17. The van der Waals surface area contributed by atoms with Crippen molar-refractivity contribution >= 4 is 44.2 Å². The van der Waals surface area contributed by atoms with Crippen LogP contribution in [0.2, 0.25) is 0 Å². The standard InChI is InChI=1S/C16H16FIN2O3S/c17-12-3-9-15(10-4-12)24(22,23)19-11-1-2-16(21)20-14-7-5-13(18)6-8-14/h3-10,19H,1-2,11H2,(H,20,21). The number of anilines is 1. The first-order valence-corrected chi connectivity index (χ1v) is 9.74. The molecule has 2 aromatic rings. The number of hydrogen-bond acceptors (Lipinski definition) is 3. The summed E-state index contributed by atoms with van der Waals surface area (Å²) in [7, 11) is -3.69. The molecule has 0 saturated carbocycles. The number of nitrogens with one attached hydrogen (secondary N) is 2. The van der Waals surface area contributed by atoms with Gasteiger partial charge in [0.05, 0.1) is 4.90 Å². The monoisotopic (exact) mass is 462 g/mol. The van der Waals surface area contributed by atoms with Crippen LogP contribution >= 0.6 is 22.6 Å². The van der Waals surface area contributed by atoms with Gasteiger partial charge in [-0.3, -0.25) is 4.79 Å². The number of amides is 1. The number of sulfonamides is 1. The maximum Gasteiger partial charge on any atom is 0.240 e. The number of halogens is 2. The van der Waals surface area contributed by atoms with Crippen molar-refractivity contribution in [3.05, 3.63) is 57.9 Å². The molecular formula is C16H16FIN2O3S. The first kappa shape index (κ1) is 18.8. The van der Waals surface area contributed by atoms with E-state index in [9.17, 15) is 17.6 Å². The Morgan fingerprint density at radius 1 is 1.04 bits per heavy atom. The second-order valence-electron chi connectivity index (χ2n) is 5.01. The SMILES string of the molecule is O=C(CCCNS(=O)(=O)c1ccc(F)cc1)Nc1ccc(I)cc1. The van der Waals surface area contributed by atoms with E-state index in [1.165, 1.54) is 12.1 Å². The highest BCUT2D eigenvalue weighted by Crippen LogP contribution is 2.12. The molecule has 0 aromatic heterocycles. The maximum atomic E-state index is 12.8. The molecule has 0 radical (unpaired) electrons. The number of hydrogen-bond donors (Lipinski definition) is 2. The van der Waals surface area contributed by atoms with Gasteiger partial charge >= 0.3 is 0 Å². The van der Waals surface area contributed by atoms with Crippen molar-refractivity contribution in [3.8, 4) is 0 Å². The molecule has 8 heteroatoms. The third-order valence-corrected chi connectivity index (χ3v) is 5.32. The molecule has 0 fully saturated rings. The van der Waals surface area contributed by atoms with Crippen molar-refractivity contribution in [2.45, 2.75) is 17.7 Å². The number of carbonyl (C=O) groups excluding carboxylic acids is 1. The van der Waals surface area contributed by atoms with Crippen LogP contribution in [0.1, 0.15) is 12.8 Å². The minimum Gasteiger partial charge on any atom is -0.326 e. The minimum atomic E-state index is -3.69. The van der Waals surface area contributed by atoms with Crippen molar-refractivity contribution in [1.82, 2.24) is 4.72 Å². The van der Waals surface area contributed by atoms with E-state index in [1.54, 1.807) is 12.1 Å². The molecule has 1 amide bonds. The van der Waals surface area contributed by atoms with E-state index >= 15 is 0 Å². The smallest absolute Gasteiger partial charge is 0.240 e. The fourth-order valence-electron chi connectivity index (χ4n) is 1.91. The molecule has 0 saturated heterocycles. The maximum absolute atomic E-state index is 12.8. The van der Waals surface area contributed by atoms with Gasteiger partial charge in [0.2, 0.25) is 15.9 Å². The minimum absolute atomic E-state index is 0.00719. The third-order valence-electron chi connectivity index (χ3n) is 3.12.